The molecule has 9 heteroatoms. The van der Waals surface area contributed by atoms with Gasteiger partial charge in [0.25, 0.3) is 15.9 Å². The van der Waals surface area contributed by atoms with Gasteiger partial charge in [0.15, 0.2) is 0 Å². The number of nitrogens with zero attached hydrogens (tertiary/aromatic N) is 2. The van der Waals surface area contributed by atoms with Crippen molar-refractivity contribution in [1.29, 1.82) is 0 Å². The molecule has 2 N–H and O–H groups in total. The normalized spacial score (nSPS) is 17.7. The third kappa shape index (κ3) is 4.11. The van der Waals surface area contributed by atoms with Crippen molar-refractivity contribution in [2.45, 2.75) is 37.8 Å². The molecule has 1 amide bonds. The van der Waals surface area contributed by atoms with Gasteiger partial charge in [-0.1, -0.05) is 0 Å². The molecule has 1 aliphatic rings. The molecule has 7 nitrogen and oxygen atoms in total. The summed E-state index contributed by atoms with van der Waals surface area (Å²) in [5.74, 6) is 0.563. The highest BCUT2D eigenvalue weighted by molar-refractivity contribution is 7.88. The zero-order valence-corrected chi connectivity index (χ0v) is 16.1. The third-order valence-corrected chi connectivity index (χ3v) is 6.10. The van der Waals surface area contributed by atoms with Crippen LogP contribution in [0.3, 0.4) is 0 Å². The predicted molar refractivity (Wildman–Crippen MR) is 93.8 cm³/mol. The van der Waals surface area contributed by atoms with Gasteiger partial charge < -0.3 is 15.1 Å². The molecule has 0 aliphatic carbocycles. The van der Waals surface area contributed by atoms with Crippen molar-refractivity contribution in [2.75, 3.05) is 27.2 Å². The topological polar surface area (TPSA) is 96.8 Å². The first-order chi connectivity index (χ1) is 10.6. The Morgan fingerprint density at radius 3 is 2.38 bits per heavy atom. The fraction of sp³-hybridized carbons (Fsp3) is 0.667. The van der Waals surface area contributed by atoms with Crippen LogP contribution in [0.2, 0.25) is 0 Å². The van der Waals surface area contributed by atoms with Gasteiger partial charge >= 0.3 is 0 Å². The Labute approximate surface area is 149 Å². The fourth-order valence-corrected chi connectivity index (χ4v) is 3.63. The summed E-state index contributed by atoms with van der Waals surface area (Å²) < 4.78 is 30.6. The number of nitrogens with two attached hydrogens (primary N) is 1. The number of rotatable bonds is 4. The fourth-order valence-electron chi connectivity index (χ4n) is 2.77. The number of halogens is 1. The highest BCUT2D eigenvalue weighted by atomic mass is 35.5. The Morgan fingerprint density at radius 2 is 1.92 bits per heavy atom. The van der Waals surface area contributed by atoms with Crippen molar-refractivity contribution in [1.82, 2.24) is 9.21 Å². The summed E-state index contributed by atoms with van der Waals surface area (Å²) in [7, 11) is -0.835. The molecule has 1 saturated heterocycles. The maximum absolute atomic E-state index is 12.6. The molecule has 138 valence electrons. The van der Waals surface area contributed by atoms with Crippen molar-refractivity contribution in [3.63, 3.8) is 0 Å². The van der Waals surface area contributed by atoms with E-state index < -0.39 is 10.0 Å². The molecular weight excluding hydrogens is 354 g/mol. The van der Waals surface area contributed by atoms with Crippen molar-refractivity contribution in [2.24, 2.45) is 11.7 Å². The summed E-state index contributed by atoms with van der Waals surface area (Å²) in [6, 6.07) is 1.45. The van der Waals surface area contributed by atoms with Gasteiger partial charge in [-0.05, 0) is 32.6 Å². The molecule has 2 heterocycles. The van der Waals surface area contributed by atoms with Crippen LogP contribution < -0.4 is 5.73 Å². The molecule has 2 rings (SSSR count). The molecule has 1 fully saturated rings. The van der Waals surface area contributed by atoms with Crippen molar-refractivity contribution in [3.8, 4) is 0 Å². The van der Waals surface area contributed by atoms with Crippen LogP contribution in [0.25, 0.3) is 0 Å². The molecule has 1 atom stereocenters. The number of carbonyl (C=O) groups is 1. The van der Waals surface area contributed by atoms with Gasteiger partial charge in [0.05, 0.1) is 5.56 Å². The highest BCUT2D eigenvalue weighted by Crippen LogP contribution is 2.25. The van der Waals surface area contributed by atoms with Crippen molar-refractivity contribution < 1.29 is 17.6 Å². The van der Waals surface area contributed by atoms with Gasteiger partial charge in [-0.2, -0.15) is 0 Å². The predicted octanol–water partition coefficient (Wildman–Crippen LogP) is 1.46. The summed E-state index contributed by atoms with van der Waals surface area (Å²) in [6.45, 7) is 4.86. The standard InChI is InChI=1S/C15H25N3O4S.ClH/c1-10(16)12-5-7-18(8-6-12)15(19)13-9-14(22-11(13)2)23(20,21)17(3)4;/h9-10,12H,5-8,16H2,1-4H3;1H. The number of furan rings is 1. The summed E-state index contributed by atoms with van der Waals surface area (Å²) in [6.07, 6.45) is 1.73. The molecule has 1 aromatic heterocycles. The Hall–Kier alpha value is -1.09. The molecule has 0 saturated carbocycles. The van der Waals surface area contributed by atoms with Crippen LogP contribution in [0.15, 0.2) is 15.6 Å². The zero-order valence-electron chi connectivity index (χ0n) is 14.5. The number of hydrogen-bond acceptors (Lipinski definition) is 5. The Kier molecular flexibility index (Phi) is 6.86. The summed E-state index contributed by atoms with van der Waals surface area (Å²) in [5, 5.41) is -0.200. The SMILES string of the molecule is Cc1oc(S(=O)(=O)N(C)C)cc1C(=O)N1CCC(C(C)N)CC1.Cl. The van der Waals surface area contributed by atoms with E-state index in [1.54, 1.807) is 11.8 Å². The smallest absolute Gasteiger partial charge is 0.275 e. The summed E-state index contributed by atoms with van der Waals surface area (Å²) >= 11 is 0. The molecule has 24 heavy (non-hydrogen) atoms. The third-order valence-electron chi connectivity index (χ3n) is 4.43. The first-order valence-electron chi connectivity index (χ1n) is 7.72. The van der Waals surface area contributed by atoms with Crippen LogP contribution in [0.5, 0.6) is 0 Å². The van der Waals surface area contributed by atoms with E-state index in [2.05, 4.69) is 0 Å². The van der Waals surface area contributed by atoms with Gasteiger partial charge in [0, 0.05) is 39.3 Å². The molecule has 1 unspecified atom stereocenters. The molecule has 1 aromatic rings. The van der Waals surface area contributed by atoms with Crippen molar-refractivity contribution >= 4 is 28.3 Å². The number of aryl methyl sites for hydroxylation is 1. The van der Waals surface area contributed by atoms with E-state index in [4.69, 9.17) is 10.2 Å². The van der Waals surface area contributed by atoms with E-state index in [0.717, 1.165) is 17.1 Å². The first-order valence-corrected chi connectivity index (χ1v) is 9.16. The van der Waals surface area contributed by atoms with Crippen LogP contribution in [0, 0.1) is 12.8 Å². The Balaban J connectivity index is 0.00000288. The Bertz CT molecular complexity index is 677. The second kappa shape index (κ2) is 7.86. The molecular formula is C15H26ClN3O4S. The lowest BCUT2D eigenvalue weighted by Gasteiger charge is -2.33. The van der Waals surface area contributed by atoms with Crippen LogP contribution >= 0.6 is 12.4 Å². The van der Waals surface area contributed by atoms with Gasteiger partial charge in [-0.25, -0.2) is 12.7 Å². The van der Waals surface area contributed by atoms with Gasteiger partial charge in [0.2, 0.25) is 5.09 Å². The minimum Gasteiger partial charge on any atom is -0.448 e. The van der Waals surface area contributed by atoms with Gasteiger partial charge in [-0.15, -0.1) is 12.4 Å². The number of amides is 1. The van der Waals surface area contributed by atoms with Crippen LogP contribution in [-0.4, -0.2) is 56.8 Å². The van der Waals surface area contributed by atoms with E-state index in [0.29, 0.717) is 30.3 Å². The highest BCUT2D eigenvalue weighted by Gasteiger charge is 2.30. The van der Waals surface area contributed by atoms with Gasteiger partial charge in [-0.3, -0.25) is 4.79 Å². The number of carbonyl (C=O) groups excluding carboxylic acids is 1. The van der Waals surface area contributed by atoms with Crippen molar-refractivity contribution in [3.05, 3.63) is 17.4 Å². The number of hydrogen-bond donors (Lipinski definition) is 1. The van der Waals surface area contributed by atoms with E-state index in [1.165, 1.54) is 20.2 Å². The van der Waals surface area contributed by atoms with E-state index >= 15 is 0 Å². The first kappa shape index (κ1) is 21.0. The maximum atomic E-state index is 12.6. The lowest BCUT2D eigenvalue weighted by molar-refractivity contribution is 0.0679. The molecule has 0 radical (unpaired) electrons. The van der Waals surface area contributed by atoms with Crippen LogP contribution in [0.4, 0.5) is 0 Å². The molecule has 0 aromatic carbocycles. The molecule has 0 spiro atoms. The summed E-state index contributed by atoms with van der Waals surface area (Å²) in [5.41, 5.74) is 6.22. The lowest BCUT2D eigenvalue weighted by Crippen LogP contribution is -2.42. The number of sulfonamides is 1. The second-order valence-electron chi connectivity index (χ2n) is 6.31. The number of piperidine rings is 1. The molecule has 0 bridgehead atoms. The Morgan fingerprint density at radius 1 is 1.38 bits per heavy atom. The average Bonchev–Trinajstić information content (AvgIpc) is 2.89. The zero-order chi connectivity index (χ0) is 17.4. The van der Waals surface area contributed by atoms with E-state index in [9.17, 15) is 13.2 Å². The van der Waals surface area contributed by atoms with Gasteiger partial charge in [0.1, 0.15) is 5.76 Å². The monoisotopic (exact) mass is 379 g/mol. The average molecular weight is 380 g/mol. The number of likely N-dealkylation sites (tertiary alicyclic amines) is 1. The lowest BCUT2D eigenvalue weighted by atomic mass is 9.91. The molecule has 1 aliphatic heterocycles. The van der Waals surface area contributed by atoms with Crippen LogP contribution in [0.1, 0.15) is 35.9 Å². The quantitative estimate of drug-likeness (QED) is 0.854. The summed E-state index contributed by atoms with van der Waals surface area (Å²) in [4.78, 5) is 14.4. The minimum atomic E-state index is -3.68. The minimum absolute atomic E-state index is 0. The largest absolute Gasteiger partial charge is 0.448 e. The van der Waals surface area contributed by atoms with E-state index in [-0.39, 0.29) is 29.4 Å². The van der Waals surface area contributed by atoms with E-state index in [1.807, 2.05) is 6.92 Å². The van der Waals surface area contributed by atoms with Crippen LogP contribution in [-0.2, 0) is 10.0 Å². The second-order valence-corrected chi connectivity index (χ2v) is 8.39. The maximum Gasteiger partial charge on any atom is 0.275 e.